The Labute approximate surface area is 76.6 Å². The maximum absolute atomic E-state index is 5.48. The summed E-state index contributed by atoms with van der Waals surface area (Å²) < 4.78 is 5.48. The van der Waals surface area contributed by atoms with E-state index in [2.05, 4.69) is 10.1 Å². The van der Waals surface area contributed by atoms with Gasteiger partial charge in [0, 0.05) is 0 Å². The van der Waals surface area contributed by atoms with Crippen molar-refractivity contribution in [3.05, 3.63) is 42.6 Å². The maximum atomic E-state index is 5.48. The summed E-state index contributed by atoms with van der Waals surface area (Å²) in [5, 5.41) is 7.36. The van der Waals surface area contributed by atoms with Crippen molar-refractivity contribution < 1.29 is 4.74 Å². The summed E-state index contributed by atoms with van der Waals surface area (Å²) in [6, 6.07) is 11.3. The summed E-state index contributed by atoms with van der Waals surface area (Å²) >= 11 is 0. The molecular weight excluding hydrogens is 163 g/mol. The Balaban J connectivity index is 2.16. The fourth-order valence-corrected chi connectivity index (χ4v) is 0.964. The van der Waals surface area contributed by atoms with Gasteiger partial charge in [-0.25, -0.2) is 0 Å². The summed E-state index contributed by atoms with van der Waals surface area (Å²) in [5.74, 6) is 0.801. The molecule has 0 aliphatic heterocycles. The van der Waals surface area contributed by atoms with Crippen LogP contribution in [0.15, 0.2) is 42.6 Å². The zero-order valence-electron chi connectivity index (χ0n) is 6.92. The molecule has 1 aromatic heterocycles. The van der Waals surface area contributed by atoms with Crippen molar-refractivity contribution in [3.8, 4) is 11.4 Å². The van der Waals surface area contributed by atoms with E-state index in [1.54, 1.807) is 19.3 Å². The normalized spacial score (nSPS) is 9.23. The van der Waals surface area contributed by atoms with E-state index >= 15 is 0 Å². The molecule has 1 heterocycles. The first-order chi connectivity index (χ1) is 6.45. The van der Waals surface area contributed by atoms with Gasteiger partial charge in [-0.15, -0.1) is 0 Å². The number of ether oxygens (including phenoxy) is 1. The second-order valence-electron chi connectivity index (χ2n) is 2.49. The predicted octanol–water partition coefficient (Wildman–Crippen LogP) is 1.61. The third kappa shape index (κ3) is 2.12. The van der Waals surface area contributed by atoms with E-state index in [0.29, 0.717) is 5.64 Å². The Morgan fingerprint density at radius 1 is 1.08 bits per heavy atom. The SMILES string of the molecule is b1nnccc1Oc1ccccc1. The van der Waals surface area contributed by atoms with E-state index in [4.69, 9.17) is 4.74 Å². The zero-order valence-corrected chi connectivity index (χ0v) is 6.92. The molecule has 0 amide bonds. The van der Waals surface area contributed by atoms with Crippen LogP contribution in [0.1, 0.15) is 0 Å². The Morgan fingerprint density at radius 2 is 1.92 bits per heavy atom. The van der Waals surface area contributed by atoms with Gasteiger partial charge in [-0.2, -0.15) is 0 Å². The first-order valence-electron chi connectivity index (χ1n) is 3.95. The van der Waals surface area contributed by atoms with E-state index in [9.17, 15) is 0 Å². The molecule has 13 heavy (non-hydrogen) atoms. The number of hydrogen-bond acceptors (Lipinski definition) is 3. The van der Waals surface area contributed by atoms with Gasteiger partial charge < -0.3 is 0 Å². The van der Waals surface area contributed by atoms with E-state index < -0.39 is 0 Å². The number of benzene rings is 1. The fourth-order valence-electron chi connectivity index (χ4n) is 0.964. The van der Waals surface area contributed by atoms with Crippen LogP contribution in [0.4, 0.5) is 0 Å². The van der Waals surface area contributed by atoms with Gasteiger partial charge in [0.15, 0.2) is 0 Å². The quantitative estimate of drug-likeness (QED) is 0.686. The van der Waals surface area contributed by atoms with Crippen molar-refractivity contribution in [3.63, 3.8) is 0 Å². The second kappa shape index (κ2) is 3.80. The van der Waals surface area contributed by atoms with Crippen LogP contribution in [-0.2, 0) is 0 Å². The van der Waals surface area contributed by atoms with Gasteiger partial charge in [-0.3, -0.25) is 0 Å². The second-order valence-corrected chi connectivity index (χ2v) is 2.49. The molecule has 2 rings (SSSR count). The molecule has 0 fully saturated rings. The fraction of sp³-hybridized carbons (Fsp3) is 0. The third-order valence-corrected chi connectivity index (χ3v) is 1.54. The van der Waals surface area contributed by atoms with Crippen LogP contribution in [0.3, 0.4) is 0 Å². The summed E-state index contributed by atoms with van der Waals surface area (Å²) in [6.07, 6.45) is 1.60. The van der Waals surface area contributed by atoms with E-state index in [0.717, 1.165) is 5.75 Å². The van der Waals surface area contributed by atoms with Gasteiger partial charge >= 0.3 is 75.9 Å². The topological polar surface area (TPSA) is 35.0 Å². The summed E-state index contributed by atoms with van der Waals surface area (Å²) in [4.78, 5) is 0. The predicted molar refractivity (Wildman–Crippen MR) is 49.9 cm³/mol. The van der Waals surface area contributed by atoms with E-state index in [1.807, 2.05) is 30.3 Å². The van der Waals surface area contributed by atoms with Crippen LogP contribution in [0.2, 0.25) is 0 Å². The molecule has 2 aromatic rings. The number of hydrogen-bond donors (Lipinski definition) is 0. The summed E-state index contributed by atoms with van der Waals surface area (Å²) in [6.45, 7) is 0. The van der Waals surface area contributed by atoms with Gasteiger partial charge in [0.05, 0.1) is 0 Å². The molecule has 0 spiro atoms. The minimum absolute atomic E-state index is 0.696. The van der Waals surface area contributed by atoms with Crippen LogP contribution >= 0.6 is 0 Å². The number of para-hydroxylation sites is 1. The van der Waals surface area contributed by atoms with Crippen LogP contribution in [0.25, 0.3) is 0 Å². The Morgan fingerprint density at radius 3 is 2.62 bits per heavy atom. The van der Waals surface area contributed by atoms with E-state index in [1.165, 1.54) is 0 Å². The van der Waals surface area contributed by atoms with Crippen LogP contribution in [-0.4, -0.2) is 17.2 Å². The van der Waals surface area contributed by atoms with Crippen LogP contribution in [0, 0.1) is 0 Å². The van der Waals surface area contributed by atoms with Gasteiger partial charge in [0.2, 0.25) is 0 Å². The third-order valence-electron chi connectivity index (χ3n) is 1.54. The number of aromatic nitrogens is 2. The first kappa shape index (κ1) is 7.92. The molecule has 0 atom stereocenters. The van der Waals surface area contributed by atoms with Crippen LogP contribution in [0.5, 0.6) is 11.4 Å². The van der Waals surface area contributed by atoms with Gasteiger partial charge in [-0.1, -0.05) is 0 Å². The summed E-state index contributed by atoms with van der Waals surface area (Å²) in [7, 11) is 1.58. The monoisotopic (exact) mass is 170 g/mol. The molecule has 0 bridgehead atoms. The van der Waals surface area contributed by atoms with Gasteiger partial charge in [-0.05, 0) is 0 Å². The molecule has 0 saturated carbocycles. The zero-order chi connectivity index (χ0) is 8.93. The average molecular weight is 170 g/mol. The van der Waals surface area contributed by atoms with Crippen molar-refractivity contribution in [2.24, 2.45) is 0 Å². The standard InChI is InChI=1S/C9H7BN2O/c1-2-4-8(5-3-1)13-9-6-7-11-12-10-9/h1-7H. The molecule has 3 nitrogen and oxygen atoms in total. The number of nitrogens with zero attached hydrogens (tertiary/aromatic N) is 2. The van der Waals surface area contributed by atoms with Crippen LogP contribution < -0.4 is 4.74 Å². The summed E-state index contributed by atoms with van der Waals surface area (Å²) in [5.41, 5.74) is 0.696. The van der Waals surface area contributed by atoms with Gasteiger partial charge in [0.25, 0.3) is 0 Å². The van der Waals surface area contributed by atoms with Gasteiger partial charge in [0.1, 0.15) is 0 Å². The molecule has 0 unspecified atom stereocenters. The molecule has 0 radical (unpaired) electrons. The number of rotatable bonds is 2. The Hall–Kier alpha value is -1.71. The Kier molecular flexibility index (Phi) is 2.32. The van der Waals surface area contributed by atoms with Crippen molar-refractivity contribution >= 4 is 7.05 Å². The van der Waals surface area contributed by atoms with E-state index in [-0.39, 0.29) is 0 Å². The average Bonchev–Trinajstić information content (AvgIpc) is 2.21. The first-order valence-corrected chi connectivity index (χ1v) is 3.95. The molecule has 0 saturated heterocycles. The molecule has 1 aromatic carbocycles. The molecule has 0 aliphatic carbocycles. The van der Waals surface area contributed by atoms with Crippen molar-refractivity contribution in [2.45, 2.75) is 0 Å². The molecule has 62 valence electrons. The van der Waals surface area contributed by atoms with Crippen molar-refractivity contribution in [2.75, 3.05) is 0 Å². The van der Waals surface area contributed by atoms with Crippen molar-refractivity contribution in [1.29, 1.82) is 0 Å². The Bertz CT molecular complexity index is 328. The van der Waals surface area contributed by atoms with Crippen molar-refractivity contribution in [1.82, 2.24) is 10.1 Å². The minimum atomic E-state index is 0.696. The molecule has 0 aliphatic rings. The molecule has 0 N–H and O–H groups in total. The molecular formula is C9H7BN2O. The molecule has 4 heteroatoms.